The van der Waals surface area contributed by atoms with Gasteiger partial charge in [-0.1, -0.05) is 12.1 Å². The summed E-state index contributed by atoms with van der Waals surface area (Å²) in [6, 6.07) is 11.0. The van der Waals surface area contributed by atoms with E-state index in [9.17, 15) is 23.5 Å². The minimum absolute atomic E-state index is 0.0541. The monoisotopic (exact) mass is 474 g/mol. The van der Waals surface area contributed by atoms with Gasteiger partial charge in [0.25, 0.3) is 5.91 Å². The summed E-state index contributed by atoms with van der Waals surface area (Å²) >= 11 is 0. The molecule has 182 valence electrons. The average molecular weight is 475 g/mol. The molecule has 0 saturated carbocycles. The number of rotatable bonds is 5. The topological polar surface area (TPSA) is 88.1 Å². The van der Waals surface area contributed by atoms with Gasteiger partial charge in [0.1, 0.15) is 17.7 Å². The van der Waals surface area contributed by atoms with Gasteiger partial charge < -0.3 is 24.8 Å². The molecule has 2 saturated heterocycles. The molecule has 34 heavy (non-hydrogen) atoms. The molecule has 4 rings (SSSR count). The van der Waals surface area contributed by atoms with Crippen LogP contribution in [0.4, 0.5) is 8.78 Å². The van der Waals surface area contributed by atoms with E-state index >= 15 is 0 Å². The fourth-order valence-electron chi connectivity index (χ4n) is 4.46. The highest BCUT2D eigenvalue weighted by atomic mass is 19.1. The molecule has 4 atom stereocenters. The molecule has 0 bridgehead atoms. The van der Waals surface area contributed by atoms with E-state index in [4.69, 9.17) is 9.47 Å². The van der Waals surface area contributed by atoms with Crippen molar-refractivity contribution in [2.75, 3.05) is 19.8 Å². The lowest BCUT2D eigenvalue weighted by Gasteiger charge is -2.44. The molecule has 0 aromatic heterocycles. The average Bonchev–Trinajstić information content (AvgIpc) is 2.81. The highest BCUT2D eigenvalue weighted by molar-refractivity contribution is 5.94. The van der Waals surface area contributed by atoms with Gasteiger partial charge in [-0.2, -0.15) is 0 Å². The molecule has 2 N–H and O–H groups in total. The molecular weight excluding hydrogens is 446 g/mol. The molecule has 9 heteroatoms. The summed E-state index contributed by atoms with van der Waals surface area (Å²) in [6.45, 7) is 0.519. The van der Waals surface area contributed by atoms with E-state index in [1.165, 1.54) is 36.4 Å². The molecule has 2 aromatic rings. The second-order valence-corrected chi connectivity index (χ2v) is 8.71. The van der Waals surface area contributed by atoms with Crippen molar-refractivity contribution in [3.63, 3.8) is 0 Å². The lowest BCUT2D eigenvalue weighted by Crippen LogP contribution is -2.57. The standard InChI is InChI=1S/C25H28F2N2O5/c26-18-6-4-17(5-7-18)25(32)29-13-20(30)14-33-15-23-22(29)9-8-21(34-23)11-24(31)28-12-16-2-1-3-19(27)10-16/h1-7,10,20-23,30H,8-9,11-15H2,(H,28,31)/t20-,21-,22-,23+/m1/s1. The smallest absolute Gasteiger partial charge is 0.254 e. The van der Waals surface area contributed by atoms with E-state index in [1.54, 1.807) is 17.0 Å². The van der Waals surface area contributed by atoms with Gasteiger partial charge in [0, 0.05) is 18.7 Å². The zero-order valence-corrected chi connectivity index (χ0v) is 18.7. The first-order chi connectivity index (χ1) is 16.4. The molecule has 2 aromatic carbocycles. The van der Waals surface area contributed by atoms with Gasteiger partial charge in [0.05, 0.1) is 37.9 Å². The number of ether oxygens (including phenoxy) is 2. The maximum absolute atomic E-state index is 13.3. The Balaban J connectivity index is 1.38. The molecular formula is C25H28F2N2O5. The predicted octanol–water partition coefficient (Wildman–Crippen LogP) is 2.42. The van der Waals surface area contributed by atoms with Gasteiger partial charge in [0.15, 0.2) is 0 Å². The van der Waals surface area contributed by atoms with Crippen molar-refractivity contribution < 1.29 is 33.0 Å². The first-order valence-corrected chi connectivity index (χ1v) is 11.4. The van der Waals surface area contributed by atoms with Gasteiger partial charge in [-0.05, 0) is 54.8 Å². The second kappa shape index (κ2) is 11.0. The number of carbonyl (C=O) groups is 2. The molecule has 7 nitrogen and oxygen atoms in total. The third-order valence-electron chi connectivity index (χ3n) is 6.12. The SMILES string of the molecule is O=C(C[C@H]1CC[C@@H]2[C@H](COC[C@H](O)CN2C(=O)c2ccc(F)cc2)O1)NCc1cccc(F)c1. The van der Waals surface area contributed by atoms with Crippen molar-refractivity contribution in [1.29, 1.82) is 0 Å². The molecule has 0 radical (unpaired) electrons. The van der Waals surface area contributed by atoms with Crippen LogP contribution in [0.5, 0.6) is 0 Å². The fourth-order valence-corrected chi connectivity index (χ4v) is 4.46. The zero-order valence-electron chi connectivity index (χ0n) is 18.7. The first kappa shape index (κ1) is 24.3. The Kier molecular flexibility index (Phi) is 7.87. The summed E-state index contributed by atoms with van der Waals surface area (Å²) in [5.41, 5.74) is 0.993. The van der Waals surface area contributed by atoms with E-state index in [0.29, 0.717) is 24.0 Å². The largest absolute Gasteiger partial charge is 0.389 e. The number of nitrogens with one attached hydrogen (secondary N) is 1. The van der Waals surface area contributed by atoms with E-state index in [2.05, 4.69) is 5.32 Å². The Morgan fingerprint density at radius 3 is 2.62 bits per heavy atom. The summed E-state index contributed by atoms with van der Waals surface area (Å²) < 4.78 is 38.4. The number of aliphatic hydroxyl groups excluding tert-OH is 1. The molecule has 0 spiro atoms. The predicted molar refractivity (Wildman–Crippen MR) is 119 cm³/mol. The van der Waals surface area contributed by atoms with Crippen LogP contribution >= 0.6 is 0 Å². The highest BCUT2D eigenvalue weighted by Crippen LogP contribution is 2.29. The molecule has 0 unspecified atom stereocenters. The number of carbonyl (C=O) groups excluding carboxylic acids is 2. The lowest BCUT2D eigenvalue weighted by atomic mass is 9.94. The lowest BCUT2D eigenvalue weighted by molar-refractivity contribution is -0.151. The van der Waals surface area contributed by atoms with Crippen LogP contribution in [0.25, 0.3) is 0 Å². The van der Waals surface area contributed by atoms with Crippen molar-refractivity contribution in [2.24, 2.45) is 0 Å². The van der Waals surface area contributed by atoms with Crippen molar-refractivity contribution in [3.8, 4) is 0 Å². The van der Waals surface area contributed by atoms with Crippen LogP contribution in [0, 0.1) is 11.6 Å². The molecule has 2 aliphatic heterocycles. The first-order valence-electron chi connectivity index (χ1n) is 11.4. The van der Waals surface area contributed by atoms with Crippen LogP contribution in [0.3, 0.4) is 0 Å². The Labute approximate surface area is 196 Å². The normalized spacial score (nSPS) is 25.1. The summed E-state index contributed by atoms with van der Waals surface area (Å²) in [6.07, 6.45) is -0.437. The van der Waals surface area contributed by atoms with Gasteiger partial charge in [-0.25, -0.2) is 8.78 Å². The van der Waals surface area contributed by atoms with E-state index in [0.717, 1.165) is 0 Å². The van der Waals surface area contributed by atoms with Gasteiger partial charge in [-0.3, -0.25) is 9.59 Å². The zero-order chi connectivity index (χ0) is 24.1. The summed E-state index contributed by atoms with van der Waals surface area (Å²) in [4.78, 5) is 27.2. The Bertz CT molecular complexity index is 1000. The number of β-amino-alcohol motifs (C(OH)–C–C–N with tert-alkyl or cyclic N) is 1. The second-order valence-electron chi connectivity index (χ2n) is 8.71. The van der Waals surface area contributed by atoms with Gasteiger partial charge in [0.2, 0.25) is 5.91 Å². The number of fused-ring (bicyclic) bond motifs is 1. The molecule has 2 aliphatic rings. The maximum atomic E-state index is 13.3. The number of amides is 2. The fraction of sp³-hybridized carbons (Fsp3) is 0.440. The van der Waals surface area contributed by atoms with Crippen LogP contribution in [0.1, 0.15) is 35.2 Å². The quantitative estimate of drug-likeness (QED) is 0.695. The van der Waals surface area contributed by atoms with Crippen LogP contribution in [0.15, 0.2) is 48.5 Å². The highest BCUT2D eigenvalue weighted by Gasteiger charge is 2.40. The van der Waals surface area contributed by atoms with Crippen molar-refractivity contribution >= 4 is 11.8 Å². The van der Waals surface area contributed by atoms with Crippen LogP contribution < -0.4 is 5.32 Å². The number of hydrogen-bond donors (Lipinski definition) is 2. The minimum atomic E-state index is -0.850. The minimum Gasteiger partial charge on any atom is -0.389 e. The number of halogens is 2. The number of aliphatic hydroxyl groups is 1. The number of hydrogen-bond acceptors (Lipinski definition) is 5. The van der Waals surface area contributed by atoms with Crippen LogP contribution in [-0.4, -0.2) is 65.9 Å². The van der Waals surface area contributed by atoms with E-state index < -0.39 is 18.0 Å². The molecule has 0 aliphatic carbocycles. The van der Waals surface area contributed by atoms with Crippen molar-refractivity contribution in [2.45, 2.75) is 50.2 Å². The molecule has 2 heterocycles. The van der Waals surface area contributed by atoms with Crippen molar-refractivity contribution in [3.05, 3.63) is 71.3 Å². The van der Waals surface area contributed by atoms with Crippen molar-refractivity contribution in [1.82, 2.24) is 10.2 Å². The molecule has 2 amide bonds. The molecule has 2 fully saturated rings. The van der Waals surface area contributed by atoms with Gasteiger partial charge in [-0.15, -0.1) is 0 Å². The Morgan fingerprint density at radius 1 is 1.06 bits per heavy atom. The van der Waals surface area contributed by atoms with Crippen LogP contribution in [0.2, 0.25) is 0 Å². The maximum Gasteiger partial charge on any atom is 0.254 e. The third kappa shape index (κ3) is 6.16. The Morgan fingerprint density at radius 2 is 1.85 bits per heavy atom. The van der Waals surface area contributed by atoms with E-state index in [-0.39, 0.29) is 62.5 Å². The number of benzene rings is 2. The summed E-state index contributed by atoms with van der Waals surface area (Å²) in [5, 5.41) is 13.0. The van der Waals surface area contributed by atoms with Gasteiger partial charge >= 0.3 is 0 Å². The number of nitrogens with zero attached hydrogens (tertiary/aromatic N) is 1. The van der Waals surface area contributed by atoms with E-state index in [1.807, 2.05) is 0 Å². The third-order valence-corrected chi connectivity index (χ3v) is 6.12. The van der Waals surface area contributed by atoms with Crippen LogP contribution in [-0.2, 0) is 20.8 Å². The Hall–Kier alpha value is -2.88. The summed E-state index contributed by atoms with van der Waals surface area (Å²) in [7, 11) is 0. The summed E-state index contributed by atoms with van der Waals surface area (Å²) in [5.74, 6) is -1.32.